The molecule has 0 aromatic heterocycles. The first-order chi connectivity index (χ1) is 7.67. The van der Waals surface area contributed by atoms with Crippen LogP contribution >= 0.6 is 0 Å². The van der Waals surface area contributed by atoms with Crippen molar-refractivity contribution in [3.05, 3.63) is 0 Å². The Labute approximate surface area is 101 Å². The van der Waals surface area contributed by atoms with Crippen LogP contribution in [0.3, 0.4) is 0 Å². The lowest BCUT2D eigenvalue weighted by molar-refractivity contribution is 0.209. The molecule has 0 radical (unpaired) electrons. The first-order valence-corrected chi connectivity index (χ1v) is 6.83. The molecule has 0 bridgehead atoms. The first-order valence-electron chi connectivity index (χ1n) is 6.83. The number of nitrogens with one attached hydrogen (secondary N) is 1. The van der Waals surface area contributed by atoms with Crippen LogP contribution in [-0.2, 0) is 0 Å². The van der Waals surface area contributed by atoms with Gasteiger partial charge in [-0.1, -0.05) is 13.8 Å². The van der Waals surface area contributed by atoms with Crippen LogP contribution in [-0.4, -0.2) is 61.7 Å². The molecule has 0 spiro atoms. The largest absolute Gasteiger partial charge is 0.313 e. The van der Waals surface area contributed by atoms with Gasteiger partial charge in [-0.25, -0.2) is 0 Å². The minimum Gasteiger partial charge on any atom is -0.313 e. The second-order valence-corrected chi connectivity index (χ2v) is 5.08. The molecule has 1 aliphatic rings. The average molecular weight is 227 g/mol. The molecule has 3 nitrogen and oxygen atoms in total. The van der Waals surface area contributed by atoms with Crippen LogP contribution in [0.2, 0.25) is 0 Å². The molecule has 1 heterocycles. The van der Waals surface area contributed by atoms with Crippen molar-refractivity contribution in [1.29, 1.82) is 0 Å². The summed E-state index contributed by atoms with van der Waals surface area (Å²) < 4.78 is 0. The first kappa shape index (κ1) is 13.9. The Bertz CT molecular complexity index is 184. The molecule has 1 fully saturated rings. The molecule has 0 amide bonds. The van der Waals surface area contributed by atoms with Crippen LogP contribution < -0.4 is 5.32 Å². The molecule has 1 N–H and O–H groups in total. The van der Waals surface area contributed by atoms with Gasteiger partial charge in [-0.3, -0.25) is 0 Å². The monoisotopic (exact) mass is 227 g/mol. The van der Waals surface area contributed by atoms with Gasteiger partial charge in [0.25, 0.3) is 0 Å². The van der Waals surface area contributed by atoms with E-state index in [1.165, 1.54) is 39.0 Å². The van der Waals surface area contributed by atoms with Crippen molar-refractivity contribution in [2.24, 2.45) is 0 Å². The quantitative estimate of drug-likeness (QED) is 0.709. The van der Waals surface area contributed by atoms with E-state index in [9.17, 15) is 0 Å². The van der Waals surface area contributed by atoms with Crippen molar-refractivity contribution in [3.8, 4) is 0 Å². The molecule has 16 heavy (non-hydrogen) atoms. The summed E-state index contributed by atoms with van der Waals surface area (Å²) in [6, 6.07) is 1.45. The summed E-state index contributed by atoms with van der Waals surface area (Å²) in [6.45, 7) is 12.8. The van der Waals surface area contributed by atoms with E-state index in [0.717, 1.165) is 12.6 Å². The number of hydrogen-bond donors (Lipinski definition) is 1. The Morgan fingerprint density at radius 3 is 2.81 bits per heavy atom. The zero-order valence-electron chi connectivity index (χ0n) is 11.5. The fourth-order valence-electron chi connectivity index (χ4n) is 2.32. The van der Waals surface area contributed by atoms with Gasteiger partial charge >= 0.3 is 0 Å². The summed E-state index contributed by atoms with van der Waals surface area (Å²) in [5, 5.41) is 3.54. The van der Waals surface area contributed by atoms with Crippen LogP contribution in [0.25, 0.3) is 0 Å². The Balaban J connectivity index is 2.14. The summed E-state index contributed by atoms with van der Waals surface area (Å²) in [4.78, 5) is 5.06. The number of likely N-dealkylation sites (tertiary alicyclic amines) is 1. The predicted molar refractivity (Wildman–Crippen MR) is 70.9 cm³/mol. The van der Waals surface area contributed by atoms with E-state index in [1.54, 1.807) is 0 Å². The van der Waals surface area contributed by atoms with E-state index in [-0.39, 0.29) is 0 Å². The van der Waals surface area contributed by atoms with Gasteiger partial charge in [-0.05, 0) is 39.9 Å². The van der Waals surface area contributed by atoms with Gasteiger partial charge in [0, 0.05) is 31.7 Å². The van der Waals surface area contributed by atoms with Crippen LogP contribution in [0.4, 0.5) is 0 Å². The van der Waals surface area contributed by atoms with Crippen LogP contribution in [0.15, 0.2) is 0 Å². The summed E-state index contributed by atoms with van der Waals surface area (Å²) in [5.41, 5.74) is 0. The smallest absolute Gasteiger partial charge is 0.0207 e. The molecule has 1 saturated heterocycles. The van der Waals surface area contributed by atoms with Gasteiger partial charge in [0.05, 0.1) is 0 Å². The van der Waals surface area contributed by atoms with E-state index in [1.807, 2.05) is 0 Å². The van der Waals surface area contributed by atoms with Gasteiger partial charge in [0.1, 0.15) is 0 Å². The van der Waals surface area contributed by atoms with Crippen molar-refractivity contribution >= 4 is 0 Å². The van der Waals surface area contributed by atoms with Gasteiger partial charge < -0.3 is 15.1 Å². The van der Waals surface area contributed by atoms with Crippen molar-refractivity contribution in [2.75, 3.05) is 39.8 Å². The Hall–Kier alpha value is -0.120. The maximum atomic E-state index is 3.54. The lowest BCUT2D eigenvalue weighted by Crippen LogP contribution is -2.38. The molecule has 0 aromatic carbocycles. The normalized spacial score (nSPS) is 24.2. The van der Waals surface area contributed by atoms with E-state index >= 15 is 0 Å². The maximum absolute atomic E-state index is 3.54. The highest BCUT2D eigenvalue weighted by atomic mass is 15.2. The van der Waals surface area contributed by atoms with Crippen molar-refractivity contribution in [2.45, 2.75) is 45.7 Å². The molecule has 3 heteroatoms. The summed E-state index contributed by atoms with van der Waals surface area (Å²) in [7, 11) is 2.24. The van der Waals surface area contributed by atoms with Gasteiger partial charge in [0.15, 0.2) is 0 Å². The molecule has 0 saturated carbocycles. The Morgan fingerprint density at radius 1 is 1.44 bits per heavy atom. The van der Waals surface area contributed by atoms with Crippen molar-refractivity contribution < 1.29 is 0 Å². The minimum absolute atomic E-state index is 0.715. The van der Waals surface area contributed by atoms with E-state index < -0.39 is 0 Å². The standard InChI is InChI=1S/C13H29N3/c1-5-12(3)15(4)9-10-16-8-7-13(11-16)14-6-2/h12-14H,5-11H2,1-4H3. The van der Waals surface area contributed by atoms with E-state index in [4.69, 9.17) is 0 Å². The lowest BCUT2D eigenvalue weighted by atomic mass is 10.2. The lowest BCUT2D eigenvalue weighted by Gasteiger charge is -2.26. The SMILES string of the molecule is CCNC1CCN(CCN(C)C(C)CC)C1. The molecular weight excluding hydrogens is 198 g/mol. The number of rotatable bonds is 7. The van der Waals surface area contributed by atoms with Gasteiger partial charge in [-0.2, -0.15) is 0 Å². The molecule has 1 aliphatic heterocycles. The predicted octanol–water partition coefficient (Wildman–Crippen LogP) is 1.40. The average Bonchev–Trinajstić information content (AvgIpc) is 2.73. The fraction of sp³-hybridized carbons (Fsp3) is 1.00. The number of likely N-dealkylation sites (N-methyl/N-ethyl adjacent to an activating group) is 2. The number of nitrogens with zero attached hydrogens (tertiary/aromatic N) is 2. The molecule has 0 aliphatic carbocycles. The molecule has 96 valence electrons. The summed E-state index contributed by atoms with van der Waals surface area (Å²) in [6.07, 6.45) is 2.57. The van der Waals surface area contributed by atoms with Gasteiger partial charge in [-0.15, -0.1) is 0 Å². The molecule has 0 aromatic rings. The maximum Gasteiger partial charge on any atom is 0.0207 e. The molecule has 2 atom stereocenters. The van der Waals surface area contributed by atoms with Gasteiger partial charge in [0.2, 0.25) is 0 Å². The second-order valence-electron chi connectivity index (χ2n) is 5.08. The Morgan fingerprint density at radius 2 is 2.19 bits per heavy atom. The van der Waals surface area contributed by atoms with E-state index in [2.05, 4.69) is 42.9 Å². The summed E-state index contributed by atoms with van der Waals surface area (Å²) >= 11 is 0. The third kappa shape index (κ3) is 4.40. The van der Waals surface area contributed by atoms with Crippen molar-refractivity contribution in [1.82, 2.24) is 15.1 Å². The molecule has 2 unspecified atom stereocenters. The highest BCUT2D eigenvalue weighted by Crippen LogP contribution is 2.09. The van der Waals surface area contributed by atoms with Crippen LogP contribution in [0, 0.1) is 0 Å². The molecular formula is C13H29N3. The van der Waals surface area contributed by atoms with Crippen LogP contribution in [0.5, 0.6) is 0 Å². The Kier molecular flexibility index (Phi) is 6.32. The fourth-order valence-corrected chi connectivity index (χ4v) is 2.32. The molecule has 1 rings (SSSR count). The minimum atomic E-state index is 0.715. The second kappa shape index (κ2) is 7.25. The highest BCUT2D eigenvalue weighted by Gasteiger charge is 2.21. The summed E-state index contributed by atoms with van der Waals surface area (Å²) in [5.74, 6) is 0. The zero-order chi connectivity index (χ0) is 12.0. The van der Waals surface area contributed by atoms with E-state index in [0.29, 0.717) is 6.04 Å². The van der Waals surface area contributed by atoms with Crippen molar-refractivity contribution in [3.63, 3.8) is 0 Å². The third-order valence-corrected chi connectivity index (χ3v) is 3.88. The van der Waals surface area contributed by atoms with Crippen LogP contribution in [0.1, 0.15) is 33.6 Å². The number of hydrogen-bond acceptors (Lipinski definition) is 3. The highest BCUT2D eigenvalue weighted by molar-refractivity contribution is 4.81. The zero-order valence-corrected chi connectivity index (χ0v) is 11.5. The topological polar surface area (TPSA) is 18.5 Å². The third-order valence-electron chi connectivity index (χ3n) is 3.88.